The molecule has 1 aromatic carbocycles. The molecule has 80 valence electrons. The van der Waals surface area contributed by atoms with Crippen LogP contribution in [0.2, 0.25) is 0 Å². The van der Waals surface area contributed by atoms with Crippen LogP contribution in [0.15, 0.2) is 24.3 Å². The molecule has 15 heavy (non-hydrogen) atoms. The van der Waals surface area contributed by atoms with Crippen molar-refractivity contribution in [1.29, 1.82) is 0 Å². The summed E-state index contributed by atoms with van der Waals surface area (Å²) >= 11 is 0. The Labute approximate surface area is 85.8 Å². The first-order valence-corrected chi connectivity index (χ1v) is 4.26. The van der Waals surface area contributed by atoms with Crippen molar-refractivity contribution in [1.82, 2.24) is 0 Å². The Balaban J connectivity index is 2.73. The van der Waals surface area contributed by atoms with E-state index in [0.717, 1.165) is 6.07 Å². The van der Waals surface area contributed by atoms with E-state index in [2.05, 4.69) is 4.74 Å². The van der Waals surface area contributed by atoms with Crippen LogP contribution in [0, 0.1) is 5.82 Å². The lowest BCUT2D eigenvalue weighted by atomic mass is 10.2. The zero-order chi connectivity index (χ0) is 11.4. The molecule has 0 bridgehead atoms. The summed E-state index contributed by atoms with van der Waals surface area (Å²) in [7, 11) is 0. The Morgan fingerprint density at radius 1 is 1.47 bits per heavy atom. The first kappa shape index (κ1) is 11.2. The molecule has 1 aromatic rings. The number of nitrogens with two attached hydrogens (primary N) is 1. The van der Waals surface area contributed by atoms with E-state index in [9.17, 15) is 14.0 Å². The van der Waals surface area contributed by atoms with Gasteiger partial charge in [-0.3, -0.25) is 4.79 Å². The molecular formula is C10H10FNO3. The van der Waals surface area contributed by atoms with Crippen LogP contribution in [-0.2, 0) is 9.53 Å². The third kappa shape index (κ3) is 3.05. The van der Waals surface area contributed by atoms with E-state index in [-0.39, 0.29) is 5.56 Å². The standard InChI is InChI=1S/C10H10FNO3/c1-6(9(12)13)15-10(14)7-3-2-4-8(11)5-7/h2-6H,1H3,(H2,12,13). The van der Waals surface area contributed by atoms with Gasteiger partial charge in [0.15, 0.2) is 6.10 Å². The SMILES string of the molecule is CC(OC(=O)c1cccc(F)c1)C(N)=O. The summed E-state index contributed by atoms with van der Waals surface area (Å²) in [6.07, 6.45) is -1.03. The lowest BCUT2D eigenvalue weighted by Gasteiger charge is -2.09. The fourth-order valence-electron chi connectivity index (χ4n) is 0.902. The lowest BCUT2D eigenvalue weighted by Crippen LogP contribution is -2.30. The summed E-state index contributed by atoms with van der Waals surface area (Å²) in [5.41, 5.74) is 4.95. The molecule has 1 amide bonds. The van der Waals surface area contributed by atoms with E-state index >= 15 is 0 Å². The third-order valence-corrected chi connectivity index (χ3v) is 1.74. The molecule has 0 aromatic heterocycles. The van der Waals surface area contributed by atoms with Crippen molar-refractivity contribution < 1.29 is 18.7 Å². The fraction of sp³-hybridized carbons (Fsp3) is 0.200. The number of esters is 1. The minimum Gasteiger partial charge on any atom is -0.449 e. The van der Waals surface area contributed by atoms with Crippen molar-refractivity contribution >= 4 is 11.9 Å². The average Bonchev–Trinajstić information content (AvgIpc) is 2.17. The number of carbonyl (C=O) groups is 2. The molecule has 0 aliphatic carbocycles. The van der Waals surface area contributed by atoms with Crippen LogP contribution >= 0.6 is 0 Å². The van der Waals surface area contributed by atoms with Gasteiger partial charge >= 0.3 is 5.97 Å². The Kier molecular flexibility index (Phi) is 3.38. The van der Waals surface area contributed by atoms with Crippen molar-refractivity contribution in [2.45, 2.75) is 13.0 Å². The highest BCUT2D eigenvalue weighted by molar-refractivity contribution is 5.91. The van der Waals surface area contributed by atoms with Gasteiger partial charge in [0.2, 0.25) is 0 Å². The first-order chi connectivity index (χ1) is 7.00. The molecule has 0 aliphatic rings. The smallest absolute Gasteiger partial charge is 0.339 e. The van der Waals surface area contributed by atoms with Gasteiger partial charge in [-0.25, -0.2) is 9.18 Å². The largest absolute Gasteiger partial charge is 0.449 e. The Morgan fingerprint density at radius 2 is 2.13 bits per heavy atom. The summed E-state index contributed by atoms with van der Waals surface area (Å²) in [5.74, 6) is -2.07. The van der Waals surface area contributed by atoms with E-state index in [1.54, 1.807) is 0 Å². The van der Waals surface area contributed by atoms with Crippen LogP contribution in [0.1, 0.15) is 17.3 Å². The van der Waals surface area contributed by atoms with Crippen LogP contribution in [0.5, 0.6) is 0 Å². The maximum absolute atomic E-state index is 12.7. The van der Waals surface area contributed by atoms with Crippen LogP contribution in [0.3, 0.4) is 0 Å². The Hall–Kier alpha value is -1.91. The number of halogens is 1. The van der Waals surface area contributed by atoms with Gasteiger partial charge in [-0.15, -0.1) is 0 Å². The monoisotopic (exact) mass is 211 g/mol. The van der Waals surface area contributed by atoms with Crippen molar-refractivity contribution in [3.63, 3.8) is 0 Å². The number of amides is 1. The number of benzene rings is 1. The maximum Gasteiger partial charge on any atom is 0.339 e. The van der Waals surface area contributed by atoms with E-state index < -0.39 is 23.8 Å². The first-order valence-electron chi connectivity index (χ1n) is 4.26. The van der Waals surface area contributed by atoms with Gasteiger partial charge in [0, 0.05) is 0 Å². The van der Waals surface area contributed by atoms with Crippen LogP contribution < -0.4 is 5.73 Å². The van der Waals surface area contributed by atoms with Gasteiger partial charge in [-0.2, -0.15) is 0 Å². The molecule has 1 rings (SSSR count). The van der Waals surface area contributed by atoms with Crippen LogP contribution in [0.25, 0.3) is 0 Å². The van der Waals surface area contributed by atoms with Gasteiger partial charge in [0.25, 0.3) is 5.91 Å². The van der Waals surface area contributed by atoms with Gasteiger partial charge < -0.3 is 10.5 Å². The van der Waals surface area contributed by atoms with Crippen molar-refractivity contribution in [2.75, 3.05) is 0 Å². The predicted molar refractivity (Wildman–Crippen MR) is 50.5 cm³/mol. The number of carbonyl (C=O) groups excluding carboxylic acids is 2. The topological polar surface area (TPSA) is 69.4 Å². The average molecular weight is 211 g/mol. The highest BCUT2D eigenvalue weighted by atomic mass is 19.1. The highest BCUT2D eigenvalue weighted by Crippen LogP contribution is 2.06. The number of hydrogen-bond donors (Lipinski definition) is 1. The van der Waals surface area contributed by atoms with Crippen LogP contribution in [0.4, 0.5) is 4.39 Å². The zero-order valence-electron chi connectivity index (χ0n) is 8.07. The molecule has 5 heteroatoms. The van der Waals surface area contributed by atoms with Crippen molar-refractivity contribution in [2.24, 2.45) is 5.73 Å². The molecule has 0 saturated heterocycles. The summed E-state index contributed by atoms with van der Waals surface area (Å²) in [5, 5.41) is 0. The Morgan fingerprint density at radius 3 is 2.67 bits per heavy atom. The minimum absolute atomic E-state index is 0.0445. The quantitative estimate of drug-likeness (QED) is 0.754. The summed E-state index contributed by atoms with van der Waals surface area (Å²) in [6.45, 7) is 1.35. The molecule has 0 radical (unpaired) electrons. The molecular weight excluding hydrogens is 201 g/mol. The second-order valence-corrected chi connectivity index (χ2v) is 2.96. The molecule has 0 fully saturated rings. The number of hydrogen-bond acceptors (Lipinski definition) is 3. The van der Waals surface area contributed by atoms with E-state index in [1.165, 1.54) is 25.1 Å². The third-order valence-electron chi connectivity index (χ3n) is 1.74. The summed E-state index contributed by atoms with van der Waals surface area (Å²) < 4.78 is 17.4. The van der Waals surface area contributed by atoms with Gasteiger partial charge in [-0.1, -0.05) is 6.07 Å². The van der Waals surface area contributed by atoms with Gasteiger partial charge in [0.1, 0.15) is 5.82 Å². The van der Waals surface area contributed by atoms with Crippen LogP contribution in [-0.4, -0.2) is 18.0 Å². The molecule has 4 nitrogen and oxygen atoms in total. The fourth-order valence-corrected chi connectivity index (χ4v) is 0.902. The van der Waals surface area contributed by atoms with Crippen molar-refractivity contribution in [3.8, 4) is 0 Å². The minimum atomic E-state index is -1.03. The molecule has 0 spiro atoms. The molecule has 1 unspecified atom stereocenters. The summed E-state index contributed by atoms with van der Waals surface area (Å²) in [6, 6.07) is 4.99. The van der Waals surface area contributed by atoms with E-state index in [1.807, 2.05) is 0 Å². The molecule has 0 saturated carbocycles. The summed E-state index contributed by atoms with van der Waals surface area (Å²) in [4.78, 5) is 21.9. The maximum atomic E-state index is 12.7. The Bertz CT molecular complexity index is 392. The predicted octanol–water partition coefficient (Wildman–Crippen LogP) is 0.856. The second kappa shape index (κ2) is 4.54. The lowest BCUT2D eigenvalue weighted by molar-refractivity contribution is -0.125. The second-order valence-electron chi connectivity index (χ2n) is 2.96. The normalized spacial score (nSPS) is 11.9. The van der Waals surface area contributed by atoms with E-state index in [4.69, 9.17) is 5.73 Å². The molecule has 1 atom stereocenters. The molecule has 2 N–H and O–H groups in total. The van der Waals surface area contributed by atoms with Gasteiger partial charge in [0.05, 0.1) is 5.56 Å². The number of ether oxygens (including phenoxy) is 1. The number of rotatable bonds is 3. The molecule has 0 aliphatic heterocycles. The van der Waals surface area contributed by atoms with Gasteiger partial charge in [-0.05, 0) is 25.1 Å². The molecule has 0 heterocycles. The highest BCUT2D eigenvalue weighted by Gasteiger charge is 2.16. The zero-order valence-corrected chi connectivity index (χ0v) is 8.07. The van der Waals surface area contributed by atoms with Crippen molar-refractivity contribution in [3.05, 3.63) is 35.6 Å². The number of primary amides is 1. The van der Waals surface area contributed by atoms with E-state index in [0.29, 0.717) is 0 Å².